The molecule has 1 aliphatic heterocycles. The van der Waals surface area contributed by atoms with Gasteiger partial charge in [0.15, 0.2) is 0 Å². The molecule has 11 heteroatoms. The molecule has 0 radical (unpaired) electrons. The summed E-state index contributed by atoms with van der Waals surface area (Å²) in [6.45, 7) is 4.02. The summed E-state index contributed by atoms with van der Waals surface area (Å²) in [6.07, 6.45) is -4.34. The first-order valence-electron chi connectivity index (χ1n) is 12.7. The lowest BCUT2D eigenvalue weighted by Crippen LogP contribution is -2.48. The standard InChI is InChI=1S/C29H31F3N2O5S/c1-21-3-10-26(11-4-21)40(36,37)34-15-13-33(14-16-34)19-24-17-23(18-28(35)38-2)7-12-27(24)39-20-22-5-8-25(9-6-22)29(30,31)32/h3-12,17H,13-16,18-20H2,1-2H3. The van der Waals surface area contributed by atoms with Crippen LogP contribution in [-0.2, 0) is 45.3 Å². The van der Waals surface area contributed by atoms with Crippen LogP contribution in [0.2, 0.25) is 0 Å². The fraction of sp³-hybridized carbons (Fsp3) is 0.345. The van der Waals surface area contributed by atoms with Gasteiger partial charge >= 0.3 is 12.1 Å². The number of aryl methyl sites for hydroxylation is 1. The van der Waals surface area contributed by atoms with Gasteiger partial charge in [-0.05, 0) is 48.4 Å². The average Bonchev–Trinajstić information content (AvgIpc) is 2.93. The van der Waals surface area contributed by atoms with Crippen LogP contribution in [-0.4, -0.2) is 56.9 Å². The van der Waals surface area contributed by atoms with Crippen LogP contribution in [0.15, 0.2) is 71.6 Å². The van der Waals surface area contributed by atoms with Crippen molar-refractivity contribution in [2.45, 2.75) is 37.6 Å². The number of carbonyl (C=O) groups is 1. The highest BCUT2D eigenvalue weighted by Gasteiger charge is 2.30. The molecular weight excluding hydrogens is 545 g/mol. The molecule has 214 valence electrons. The molecule has 0 aromatic heterocycles. The Bertz CT molecular complexity index is 1420. The number of hydrogen-bond donors (Lipinski definition) is 0. The van der Waals surface area contributed by atoms with Crippen molar-refractivity contribution in [3.05, 3.63) is 94.5 Å². The van der Waals surface area contributed by atoms with Gasteiger partial charge in [0.1, 0.15) is 12.4 Å². The SMILES string of the molecule is COC(=O)Cc1ccc(OCc2ccc(C(F)(F)F)cc2)c(CN2CCN(S(=O)(=O)c3ccc(C)cc3)CC2)c1. The van der Waals surface area contributed by atoms with Gasteiger partial charge in [0.2, 0.25) is 10.0 Å². The van der Waals surface area contributed by atoms with Crippen molar-refractivity contribution < 1.29 is 35.9 Å². The van der Waals surface area contributed by atoms with Gasteiger partial charge in [0.05, 0.1) is 24.0 Å². The number of sulfonamides is 1. The van der Waals surface area contributed by atoms with E-state index in [2.05, 4.69) is 4.90 Å². The number of esters is 1. The molecule has 0 unspecified atom stereocenters. The number of alkyl halides is 3. The Morgan fingerprint density at radius 1 is 0.900 bits per heavy atom. The summed E-state index contributed by atoms with van der Waals surface area (Å²) in [7, 11) is -2.28. The minimum atomic E-state index is -4.41. The van der Waals surface area contributed by atoms with Crippen LogP contribution in [0.1, 0.15) is 27.8 Å². The summed E-state index contributed by atoms with van der Waals surface area (Å²) in [4.78, 5) is 14.2. The molecule has 3 aromatic rings. The number of benzene rings is 3. The number of ether oxygens (including phenoxy) is 2. The molecule has 0 aliphatic carbocycles. The molecule has 40 heavy (non-hydrogen) atoms. The molecule has 0 spiro atoms. The molecule has 4 rings (SSSR count). The van der Waals surface area contributed by atoms with Gasteiger partial charge in [-0.2, -0.15) is 17.5 Å². The Hall–Kier alpha value is -3.41. The van der Waals surface area contributed by atoms with Crippen molar-refractivity contribution in [3.8, 4) is 5.75 Å². The highest BCUT2D eigenvalue weighted by Crippen LogP contribution is 2.30. The topological polar surface area (TPSA) is 76.2 Å². The molecule has 0 atom stereocenters. The van der Waals surface area contributed by atoms with E-state index in [-0.39, 0.29) is 23.9 Å². The first-order chi connectivity index (χ1) is 19.0. The molecule has 1 heterocycles. The summed E-state index contributed by atoms with van der Waals surface area (Å²) in [5.41, 5.74) is 2.34. The maximum absolute atomic E-state index is 13.1. The summed E-state index contributed by atoms with van der Waals surface area (Å²) >= 11 is 0. The van der Waals surface area contributed by atoms with Crippen LogP contribution >= 0.6 is 0 Å². The Kier molecular flexibility index (Phi) is 9.17. The van der Waals surface area contributed by atoms with E-state index in [0.717, 1.165) is 28.8 Å². The Morgan fingerprint density at radius 3 is 2.12 bits per heavy atom. The van der Waals surface area contributed by atoms with Crippen molar-refractivity contribution in [3.63, 3.8) is 0 Å². The Morgan fingerprint density at radius 2 is 1.52 bits per heavy atom. The van der Waals surface area contributed by atoms with Crippen LogP contribution in [0.4, 0.5) is 13.2 Å². The lowest BCUT2D eigenvalue weighted by molar-refractivity contribution is -0.140. The van der Waals surface area contributed by atoms with E-state index < -0.39 is 21.8 Å². The summed E-state index contributed by atoms with van der Waals surface area (Å²) in [5, 5.41) is 0. The predicted octanol–water partition coefficient (Wildman–Crippen LogP) is 4.81. The second-order valence-corrected chi connectivity index (χ2v) is 11.6. The minimum absolute atomic E-state index is 0.0596. The molecule has 1 fully saturated rings. The molecule has 1 saturated heterocycles. The van der Waals surface area contributed by atoms with Crippen molar-refractivity contribution in [2.24, 2.45) is 0 Å². The van der Waals surface area contributed by atoms with Crippen LogP contribution in [0, 0.1) is 6.92 Å². The third-order valence-electron chi connectivity index (χ3n) is 6.76. The smallest absolute Gasteiger partial charge is 0.416 e. The van der Waals surface area contributed by atoms with Crippen molar-refractivity contribution in [1.82, 2.24) is 9.21 Å². The lowest BCUT2D eigenvalue weighted by Gasteiger charge is -2.34. The first-order valence-corrected chi connectivity index (χ1v) is 14.2. The van der Waals surface area contributed by atoms with E-state index in [1.54, 1.807) is 36.4 Å². The zero-order valence-electron chi connectivity index (χ0n) is 22.3. The third-order valence-corrected chi connectivity index (χ3v) is 8.67. The number of carbonyl (C=O) groups excluding carboxylic acids is 1. The van der Waals surface area contributed by atoms with E-state index >= 15 is 0 Å². The molecule has 1 aliphatic rings. The van der Waals surface area contributed by atoms with Gasteiger partial charge < -0.3 is 9.47 Å². The van der Waals surface area contributed by atoms with Crippen molar-refractivity contribution >= 4 is 16.0 Å². The molecule has 0 bridgehead atoms. The first kappa shape index (κ1) is 29.6. The second kappa shape index (κ2) is 12.4. The van der Waals surface area contributed by atoms with E-state index in [1.165, 1.54) is 23.5 Å². The Labute approximate surface area is 232 Å². The van der Waals surface area contributed by atoms with Gasteiger partial charge in [-0.25, -0.2) is 8.42 Å². The fourth-order valence-electron chi connectivity index (χ4n) is 4.43. The quantitative estimate of drug-likeness (QED) is 0.340. The number of methoxy groups -OCH3 is 1. The zero-order valence-corrected chi connectivity index (χ0v) is 23.1. The molecule has 3 aromatic carbocycles. The maximum atomic E-state index is 13.1. The van der Waals surface area contributed by atoms with Crippen LogP contribution in [0.3, 0.4) is 0 Å². The highest BCUT2D eigenvalue weighted by atomic mass is 32.2. The van der Waals surface area contributed by atoms with E-state index in [4.69, 9.17) is 9.47 Å². The predicted molar refractivity (Wildman–Crippen MR) is 143 cm³/mol. The minimum Gasteiger partial charge on any atom is -0.489 e. The maximum Gasteiger partial charge on any atom is 0.416 e. The summed E-state index contributed by atoms with van der Waals surface area (Å²) in [5.74, 6) is 0.141. The molecule has 0 N–H and O–H groups in total. The fourth-order valence-corrected chi connectivity index (χ4v) is 5.85. The van der Waals surface area contributed by atoms with Crippen molar-refractivity contribution in [1.29, 1.82) is 0 Å². The van der Waals surface area contributed by atoms with E-state index in [0.29, 0.717) is 44.0 Å². The van der Waals surface area contributed by atoms with Gasteiger partial charge in [0.25, 0.3) is 0 Å². The molecular formula is C29H31F3N2O5S. The zero-order chi connectivity index (χ0) is 28.9. The number of rotatable bonds is 9. The van der Waals surface area contributed by atoms with Gasteiger partial charge in [-0.1, -0.05) is 42.0 Å². The van der Waals surface area contributed by atoms with Crippen LogP contribution in [0.25, 0.3) is 0 Å². The Balaban J connectivity index is 1.45. The average molecular weight is 577 g/mol. The second-order valence-electron chi connectivity index (χ2n) is 9.67. The molecule has 0 saturated carbocycles. The van der Waals surface area contributed by atoms with Crippen LogP contribution in [0.5, 0.6) is 5.75 Å². The number of hydrogen-bond acceptors (Lipinski definition) is 6. The van der Waals surface area contributed by atoms with Crippen LogP contribution < -0.4 is 4.74 Å². The van der Waals surface area contributed by atoms with Gasteiger partial charge in [0, 0.05) is 38.3 Å². The number of halogens is 3. The van der Waals surface area contributed by atoms with Gasteiger partial charge in [-0.15, -0.1) is 0 Å². The largest absolute Gasteiger partial charge is 0.489 e. The molecule has 0 amide bonds. The monoisotopic (exact) mass is 576 g/mol. The normalized spacial score (nSPS) is 15.1. The van der Waals surface area contributed by atoms with E-state index in [1.807, 2.05) is 13.0 Å². The molecule has 7 nitrogen and oxygen atoms in total. The van der Waals surface area contributed by atoms with Crippen molar-refractivity contribution in [2.75, 3.05) is 33.3 Å². The highest BCUT2D eigenvalue weighted by molar-refractivity contribution is 7.89. The third kappa shape index (κ3) is 7.41. The van der Waals surface area contributed by atoms with E-state index in [9.17, 15) is 26.4 Å². The van der Waals surface area contributed by atoms with Gasteiger partial charge in [-0.3, -0.25) is 9.69 Å². The number of nitrogens with zero attached hydrogens (tertiary/aromatic N) is 2. The summed E-state index contributed by atoms with van der Waals surface area (Å²) in [6, 6.07) is 16.9. The lowest BCUT2D eigenvalue weighted by atomic mass is 10.1. The number of piperazine rings is 1. The summed E-state index contributed by atoms with van der Waals surface area (Å²) < 4.78 is 77.0.